The molecule has 0 spiro atoms. The zero-order valence-corrected chi connectivity index (χ0v) is 16.5. The van der Waals surface area contributed by atoms with Gasteiger partial charge in [0.05, 0.1) is 7.11 Å². The maximum Gasteiger partial charge on any atom is 0.276 e. The number of hydrogen-bond acceptors (Lipinski definition) is 3. The Morgan fingerprint density at radius 2 is 1.96 bits per heavy atom. The highest BCUT2D eigenvalue weighted by atomic mass is 31.2. The van der Waals surface area contributed by atoms with Gasteiger partial charge in [-0.05, 0) is 37.1 Å². The predicted octanol–water partition coefficient (Wildman–Crippen LogP) is 4.06. The van der Waals surface area contributed by atoms with Crippen LogP contribution in [0.3, 0.4) is 0 Å². The first-order valence-electron chi connectivity index (χ1n) is 9.31. The van der Waals surface area contributed by atoms with Gasteiger partial charge in [-0.1, -0.05) is 36.9 Å². The molecule has 2 fully saturated rings. The summed E-state index contributed by atoms with van der Waals surface area (Å²) < 4.78 is 30.6. The minimum Gasteiger partial charge on any atom is -0.496 e. The van der Waals surface area contributed by atoms with Crippen LogP contribution >= 0.6 is 7.44 Å². The number of anilines is 1. The zero-order valence-electron chi connectivity index (χ0n) is 15.6. The van der Waals surface area contributed by atoms with Crippen LogP contribution in [0.4, 0.5) is 5.69 Å². The summed E-state index contributed by atoms with van der Waals surface area (Å²) in [6.45, 7) is 5.66. The molecule has 2 aromatic carbocycles. The van der Waals surface area contributed by atoms with E-state index in [4.69, 9.17) is 9.47 Å². The van der Waals surface area contributed by atoms with Gasteiger partial charge in [-0.15, -0.1) is 0 Å². The van der Waals surface area contributed by atoms with Gasteiger partial charge in [-0.3, -0.25) is 4.57 Å². The van der Waals surface area contributed by atoms with E-state index in [0.29, 0.717) is 23.4 Å². The summed E-state index contributed by atoms with van der Waals surface area (Å²) in [5, 5.41) is 0.655. The van der Waals surface area contributed by atoms with Crippen molar-refractivity contribution < 1.29 is 14.0 Å². The molecule has 5 nitrogen and oxygen atoms in total. The summed E-state index contributed by atoms with van der Waals surface area (Å²) in [6, 6.07) is 15.9. The van der Waals surface area contributed by atoms with Gasteiger partial charge < -0.3 is 14.1 Å². The standard InChI is InChI=1S/C21H25N2O3P/c1-3-15-26-20-13-7-12-19(25-2)21(20)27(24)22-14-8-11-18(22)16-23(27)17-9-5-4-6-10-17/h3-7,9-10,12-13,18H,1,8,11,14-16H2,2H3/t18-,27?/m1/s1. The number of nitrogens with zero attached hydrogens (tertiary/aromatic N) is 2. The summed E-state index contributed by atoms with van der Waals surface area (Å²) in [6.07, 6.45) is 3.82. The molecule has 142 valence electrons. The van der Waals surface area contributed by atoms with Crippen LogP contribution in [0.1, 0.15) is 12.8 Å². The SMILES string of the molecule is C=CCOc1cccc(OC)c1P1(=O)N(c2ccccc2)C[C@H]2CCCN21. The second kappa shape index (κ2) is 7.41. The zero-order chi connectivity index (χ0) is 18.9. The van der Waals surface area contributed by atoms with Crippen LogP contribution in [0.15, 0.2) is 61.2 Å². The molecule has 0 N–H and O–H groups in total. The van der Waals surface area contributed by atoms with Crippen LogP contribution in [0.2, 0.25) is 0 Å². The minimum absolute atomic E-state index is 0.285. The average molecular weight is 384 g/mol. The molecule has 0 aromatic heterocycles. The first-order chi connectivity index (χ1) is 13.2. The van der Waals surface area contributed by atoms with Crippen molar-refractivity contribution >= 4 is 18.4 Å². The first-order valence-corrected chi connectivity index (χ1v) is 10.9. The van der Waals surface area contributed by atoms with Crippen molar-refractivity contribution in [3.8, 4) is 11.5 Å². The highest BCUT2D eigenvalue weighted by Crippen LogP contribution is 2.64. The Morgan fingerprint density at radius 1 is 1.19 bits per heavy atom. The monoisotopic (exact) mass is 384 g/mol. The van der Waals surface area contributed by atoms with Gasteiger partial charge in [0.15, 0.2) is 0 Å². The maximum absolute atomic E-state index is 14.8. The molecule has 0 saturated carbocycles. The second-order valence-corrected chi connectivity index (χ2v) is 9.36. The van der Waals surface area contributed by atoms with Gasteiger partial charge in [-0.2, -0.15) is 0 Å². The third-order valence-corrected chi connectivity index (χ3v) is 8.58. The van der Waals surface area contributed by atoms with Gasteiger partial charge in [0.25, 0.3) is 7.44 Å². The number of para-hydroxylation sites is 1. The van der Waals surface area contributed by atoms with Crippen molar-refractivity contribution in [3.05, 3.63) is 61.2 Å². The molecule has 0 bridgehead atoms. The van der Waals surface area contributed by atoms with E-state index in [0.717, 1.165) is 31.6 Å². The number of rotatable bonds is 6. The molecule has 2 aromatic rings. The smallest absolute Gasteiger partial charge is 0.276 e. The molecule has 1 unspecified atom stereocenters. The minimum atomic E-state index is -3.11. The normalized spacial score (nSPS) is 24.6. The lowest BCUT2D eigenvalue weighted by Crippen LogP contribution is -2.29. The molecular formula is C21H25N2O3P. The topological polar surface area (TPSA) is 42.0 Å². The molecule has 2 heterocycles. The van der Waals surface area contributed by atoms with Crippen LogP contribution in [-0.4, -0.2) is 37.5 Å². The fourth-order valence-electron chi connectivity index (χ4n) is 4.14. The van der Waals surface area contributed by atoms with Gasteiger partial charge in [-0.25, -0.2) is 4.67 Å². The van der Waals surface area contributed by atoms with Crippen molar-refractivity contribution in [2.24, 2.45) is 0 Å². The fraction of sp³-hybridized carbons (Fsp3) is 0.333. The summed E-state index contributed by atoms with van der Waals surface area (Å²) in [4.78, 5) is 0. The third-order valence-electron chi connectivity index (χ3n) is 5.29. The Morgan fingerprint density at radius 3 is 2.70 bits per heavy atom. The van der Waals surface area contributed by atoms with Crippen molar-refractivity contribution in [2.75, 3.05) is 31.5 Å². The van der Waals surface area contributed by atoms with Crippen LogP contribution in [0.5, 0.6) is 11.5 Å². The van der Waals surface area contributed by atoms with E-state index in [-0.39, 0.29) is 6.04 Å². The van der Waals surface area contributed by atoms with Gasteiger partial charge in [0.1, 0.15) is 23.4 Å². The summed E-state index contributed by atoms with van der Waals surface area (Å²) >= 11 is 0. The molecule has 0 aliphatic carbocycles. The molecule has 0 amide bonds. The van der Waals surface area contributed by atoms with E-state index >= 15 is 0 Å². The van der Waals surface area contributed by atoms with Crippen LogP contribution in [0, 0.1) is 0 Å². The van der Waals surface area contributed by atoms with E-state index < -0.39 is 7.44 Å². The molecule has 2 saturated heterocycles. The summed E-state index contributed by atoms with van der Waals surface area (Å²) in [7, 11) is -1.49. The molecular weight excluding hydrogens is 359 g/mol. The van der Waals surface area contributed by atoms with Gasteiger partial charge in [0, 0.05) is 24.8 Å². The molecule has 2 aliphatic rings. The molecule has 4 rings (SSSR count). The second-order valence-electron chi connectivity index (χ2n) is 6.83. The van der Waals surface area contributed by atoms with Crippen LogP contribution in [0.25, 0.3) is 0 Å². The van der Waals surface area contributed by atoms with E-state index in [1.54, 1.807) is 13.2 Å². The largest absolute Gasteiger partial charge is 0.496 e. The van der Waals surface area contributed by atoms with Crippen LogP contribution < -0.4 is 19.4 Å². The molecule has 2 aliphatic heterocycles. The summed E-state index contributed by atoms with van der Waals surface area (Å²) in [5.74, 6) is 1.21. The third kappa shape index (κ3) is 2.95. The Kier molecular flexibility index (Phi) is 4.98. The Balaban J connectivity index is 1.90. The van der Waals surface area contributed by atoms with Crippen molar-refractivity contribution in [3.63, 3.8) is 0 Å². The first kappa shape index (κ1) is 18.1. The number of benzene rings is 2. The molecule has 0 radical (unpaired) electrons. The number of hydrogen-bond donors (Lipinski definition) is 0. The quantitative estimate of drug-likeness (QED) is 0.555. The highest BCUT2D eigenvalue weighted by molar-refractivity contribution is 7.71. The lowest BCUT2D eigenvalue weighted by molar-refractivity contribution is 0.360. The molecule has 6 heteroatoms. The van der Waals surface area contributed by atoms with E-state index in [1.807, 2.05) is 48.5 Å². The number of methoxy groups -OCH3 is 1. The van der Waals surface area contributed by atoms with E-state index in [2.05, 4.69) is 15.9 Å². The highest BCUT2D eigenvalue weighted by Gasteiger charge is 2.54. The van der Waals surface area contributed by atoms with Crippen LogP contribution in [-0.2, 0) is 4.57 Å². The van der Waals surface area contributed by atoms with Crippen molar-refractivity contribution in [1.82, 2.24) is 4.67 Å². The lowest BCUT2D eigenvalue weighted by Gasteiger charge is -2.33. The maximum atomic E-state index is 14.8. The Bertz CT molecular complexity index is 871. The van der Waals surface area contributed by atoms with Gasteiger partial charge >= 0.3 is 0 Å². The fourth-order valence-corrected chi connectivity index (χ4v) is 7.70. The van der Waals surface area contributed by atoms with Gasteiger partial charge in [0.2, 0.25) is 0 Å². The Hall–Kier alpha value is -2.23. The Labute approximate surface area is 160 Å². The molecule has 2 atom stereocenters. The van der Waals surface area contributed by atoms with E-state index in [1.165, 1.54) is 0 Å². The number of fused-ring (bicyclic) bond motifs is 1. The predicted molar refractivity (Wildman–Crippen MR) is 109 cm³/mol. The van der Waals surface area contributed by atoms with E-state index in [9.17, 15) is 4.57 Å². The summed E-state index contributed by atoms with van der Waals surface area (Å²) in [5.41, 5.74) is 0.968. The average Bonchev–Trinajstić information content (AvgIpc) is 3.29. The van der Waals surface area contributed by atoms with Crippen molar-refractivity contribution in [2.45, 2.75) is 18.9 Å². The number of ether oxygens (including phenoxy) is 2. The molecule has 27 heavy (non-hydrogen) atoms. The van der Waals surface area contributed by atoms with Crippen molar-refractivity contribution in [1.29, 1.82) is 0 Å². The lowest BCUT2D eigenvalue weighted by atomic mass is 10.2.